The number of aromatic nitrogens is 1. The fourth-order valence-corrected chi connectivity index (χ4v) is 2.80. The molecule has 2 heterocycles. The van der Waals surface area contributed by atoms with Gasteiger partial charge in [0.2, 0.25) is 0 Å². The molecule has 0 saturated carbocycles. The van der Waals surface area contributed by atoms with Crippen LogP contribution in [0.25, 0.3) is 0 Å². The summed E-state index contributed by atoms with van der Waals surface area (Å²) in [7, 11) is 0. The lowest BCUT2D eigenvalue weighted by Gasteiger charge is -2.36. The number of hydrogen-bond donors (Lipinski definition) is 1. The number of anilines is 2. The van der Waals surface area contributed by atoms with E-state index in [0.29, 0.717) is 26.2 Å². The SMILES string of the molecule is Cc1cc(NC(=O)N2CCN(c3cccc([N+](=O)[O-])c3)CC2)ccn1. The smallest absolute Gasteiger partial charge is 0.321 e. The lowest BCUT2D eigenvalue weighted by Crippen LogP contribution is -2.50. The van der Waals surface area contributed by atoms with Crippen LogP contribution in [0.5, 0.6) is 0 Å². The molecule has 0 spiro atoms. The van der Waals surface area contributed by atoms with E-state index in [-0.39, 0.29) is 11.7 Å². The van der Waals surface area contributed by atoms with Crippen LogP contribution in [-0.4, -0.2) is 47.0 Å². The standard InChI is InChI=1S/C17H19N5O3/c1-13-11-14(5-6-18-13)19-17(23)21-9-7-20(8-10-21)15-3-2-4-16(12-15)22(24)25/h2-6,11-12H,7-10H2,1H3,(H,18,19,23). The minimum absolute atomic E-state index is 0.0747. The molecule has 8 heteroatoms. The van der Waals surface area contributed by atoms with Gasteiger partial charge in [0, 0.05) is 61.6 Å². The van der Waals surface area contributed by atoms with Crippen molar-refractivity contribution < 1.29 is 9.72 Å². The van der Waals surface area contributed by atoms with Crippen molar-refractivity contribution in [2.24, 2.45) is 0 Å². The van der Waals surface area contributed by atoms with E-state index in [4.69, 9.17) is 0 Å². The molecule has 1 aromatic heterocycles. The van der Waals surface area contributed by atoms with Crippen molar-refractivity contribution in [2.45, 2.75) is 6.92 Å². The van der Waals surface area contributed by atoms with Gasteiger partial charge in [0.25, 0.3) is 5.69 Å². The highest BCUT2D eigenvalue weighted by molar-refractivity contribution is 5.89. The zero-order valence-electron chi connectivity index (χ0n) is 13.9. The predicted octanol–water partition coefficient (Wildman–Crippen LogP) is 2.65. The molecule has 0 aliphatic carbocycles. The fourth-order valence-electron chi connectivity index (χ4n) is 2.80. The molecular weight excluding hydrogens is 322 g/mol. The van der Waals surface area contributed by atoms with E-state index in [1.165, 1.54) is 6.07 Å². The van der Waals surface area contributed by atoms with E-state index >= 15 is 0 Å². The summed E-state index contributed by atoms with van der Waals surface area (Å²) in [6.07, 6.45) is 1.66. The van der Waals surface area contributed by atoms with Crippen molar-refractivity contribution in [1.29, 1.82) is 0 Å². The van der Waals surface area contributed by atoms with Crippen molar-refractivity contribution in [1.82, 2.24) is 9.88 Å². The average molecular weight is 341 g/mol. The fraction of sp³-hybridized carbons (Fsp3) is 0.294. The number of nitro groups is 1. The number of nitro benzene ring substituents is 1. The lowest BCUT2D eigenvalue weighted by molar-refractivity contribution is -0.384. The molecule has 1 N–H and O–H groups in total. The number of carbonyl (C=O) groups is 1. The Kier molecular flexibility index (Phi) is 4.78. The Morgan fingerprint density at radius 1 is 1.20 bits per heavy atom. The number of pyridine rings is 1. The van der Waals surface area contributed by atoms with E-state index in [0.717, 1.165) is 17.1 Å². The molecular formula is C17H19N5O3. The Morgan fingerprint density at radius 3 is 2.64 bits per heavy atom. The first-order chi connectivity index (χ1) is 12.0. The highest BCUT2D eigenvalue weighted by Gasteiger charge is 2.22. The first-order valence-electron chi connectivity index (χ1n) is 8.01. The van der Waals surface area contributed by atoms with Crippen LogP contribution < -0.4 is 10.2 Å². The molecule has 25 heavy (non-hydrogen) atoms. The topological polar surface area (TPSA) is 91.6 Å². The van der Waals surface area contributed by atoms with Crippen molar-refractivity contribution in [3.63, 3.8) is 0 Å². The highest BCUT2D eigenvalue weighted by atomic mass is 16.6. The number of piperazine rings is 1. The van der Waals surface area contributed by atoms with Crippen molar-refractivity contribution in [3.8, 4) is 0 Å². The lowest BCUT2D eigenvalue weighted by atomic mass is 10.2. The maximum absolute atomic E-state index is 12.4. The van der Waals surface area contributed by atoms with Gasteiger partial charge in [-0.05, 0) is 25.1 Å². The van der Waals surface area contributed by atoms with E-state index in [2.05, 4.69) is 10.3 Å². The van der Waals surface area contributed by atoms with Crippen molar-refractivity contribution >= 4 is 23.1 Å². The number of benzene rings is 1. The summed E-state index contributed by atoms with van der Waals surface area (Å²) in [6, 6.07) is 9.99. The van der Waals surface area contributed by atoms with Crippen LogP contribution in [0.1, 0.15) is 5.69 Å². The minimum atomic E-state index is -0.399. The number of amides is 2. The maximum atomic E-state index is 12.4. The third kappa shape index (κ3) is 4.03. The van der Waals surface area contributed by atoms with Gasteiger partial charge < -0.3 is 15.1 Å². The van der Waals surface area contributed by atoms with Crippen LogP contribution in [0.15, 0.2) is 42.6 Å². The largest absolute Gasteiger partial charge is 0.368 e. The van der Waals surface area contributed by atoms with Gasteiger partial charge in [-0.3, -0.25) is 15.1 Å². The summed E-state index contributed by atoms with van der Waals surface area (Å²) in [5.41, 5.74) is 2.44. The molecule has 1 aliphatic heterocycles. The summed E-state index contributed by atoms with van der Waals surface area (Å²) in [6.45, 7) is 4.23. The normalized spacial score (nSPS) is 14.3. The van der Waals surface area contributed by atoms with Crippen LogP contribution in [0.2, 0.25) is 0 Å². The summed E-state index contributed by atoms with van der Waals surface area (Å²) in [5, 5.41) is 13.8. The summed E-state index contributed by atoms with van der Waals surface area (Å²) in [5.74, 6) is 0. The molecule has 0 atom stereocenters. The number of aryl methyl sites for hydroxylation is 1. The van der Waals surface area contributed by atoms with E-state index < -0.39 is 4.92 Å². The number of nitrogens with one attached hydrogen (secondary N) is 1. The molecule has 3 rings (SSSR count). The molecule has 130 valence electrons. The molecule has 2 aromatic rings. The molecule has 0 bridgehead atoms. The number of urea groups is 1. The number of nitrogens with zero attached hydrogens (tertiary/aromatic N) is 4. The Balaban J connectivity index is 1.59. The second kappa shape index (κ2) is 7.16. The van der Waals surface area contributed by atoms with Gasteiger partial charge in [-0.1, -0.05) is 6.07 Å². The van der Waals surface area contributed by atoms with Crippen LogP contribution in [0.4, 0.5) is 21.9 Å². The van der Waals surface area contributed by atoms with Gasteiger partial charge in [-0.25, -0.2) is 4.79 Å². The van der Waals surface area contributed by atoms with Gasteiger partial charge in [0.1, 0.15) is 0 Å². The first-order valence-corrected chi connectivity index (χ1v) is 8.01. The van der Waals surface area contributed by atoms with Gasteiger partial charge in [0.05, 0.1) is 4.92 Å². The van der Waals surface area contributed by atoms with Crippen LogP contribution in [0.3, 0.4) is 0 Å². The molecule has 8 nitrogen and oxygen atoms in total. The summed E-state index contributed by atoms with van der Waals surface area (Å²) < 4.78 is 0. The third-order valence-corrected chi connectivity index (χ3v) is 4.12. The summed E-state index contributed by atoms with van der Waals surface area (Å²) in [4.78, 5) is 30.7. The monoisotopic (exact) mass is 341 g/mol. The van der Waals surface area contributed by atoms with Crippen molar-refractivity contribution in [2.75, 3.05) is 36.4 Å². The van der Waals surface area contributed by atoms with Gasteiger partial charge in [0.15, 0.2) is 0 Å². The van der Waals surface area contributed by atoms with Gasteiger partial charge in [-0.2, -0.15) is 0 Å². The second-order valence-electron chi connectivity index (χ2n) is 5.87. The van der Waals surface area contributed by atoms with Gasteiger partial charge in [-0.15, -0.1) is 0 Å². The molecule has 0 unspecified atom stereocenters. The number of hydrogen-bond acceptors (Lipinski definition) is 5. The minimum Gasteiger partial charge on any atom is -0.368 e. The zero-order valence-corrected chi connectivity index (χ0v) is 13.9. The van der Waals surface area contributed by atoms with Gasteiger partial charge >= 0.3 is 6.03 Å². The van der Waals surface area contributed by atoms with E-state index in [1.807, 2.05) is 24.0 Å². The number of non-ortho nitro benzene ring substituents is 1. The molecule has 2 amide bonds. The molecule has 1 fully saturated rings. The zero-order chi connectivity index (χ0) is 17.8. The number of rotatable bonds is 3. The Hall–Kier alpha value is -3.16. The quantitative estimate of drug-likeness (QED) is 0.684. The maximum Gasteiger partial charge on any atom is 0.321 e. The molecule has 0 radical (unpaired) electrons. The number of carbonyl (C=O) groups excluding carboxylic acids is 1. The van der Waals surface area contributed by atoms with Crippen LogP contribution in [0, 0.1) is 17.0 Å². The Morgan fingerprint density at radius 2 is 1.96 bits per heavy atom. The molecule has 1 aliphatic rings. The van der Waals surface area contributed by atoms with E-state index in [1.54, 1.807) is 29.3 Å². The van der Waals surface area contributed by atoms with Crippen molar-refractivity contribution in [3.05, 3.63) is 58.4 Å². The van der Waals surface area contributed by atoms with Crippen LogP contribution in [-0.2, 0) is 0 Å². The second-order valence-corrected chi connectivity index (χ2v) is 5.87. The average Bonchev–Trinajstić information content (AvgIpc) is 2.62. The Bertz CT molecular complexity index is 787. The summed E-state index contributed by atoms with van der Waals surface area (Å²) >= 11 is 0. The van der Waals surface area contributed by atoms with E-state index in [9.17, 15) is 14.9 Å². The third-order valence-electron chi connectivity index (χ3n) is 4.12. The highest BCUT2D eigenvalue weighted by Crippen LogP contribution is 2.22. The first kappa shape index (κ1) is 16.7. The molecule has 1 saturated heterocycles. The van der Waals surface area contributed by atoms with Crippen LogP contribution >= 0.6 is 0 Å². The molecule has 1 aromatic carbocycles. The Labute approximate surface area is 145 Å². The predicted molar refractivity (Wildman–Crippen MR) is 94.9 cm³/mol.